The first kappa shape index (κ1) is 16.9. The zero-order valence-electron chi connectivity index (χ0n) is 13.5. The first-order chi connectivity index (χ1) is 10.3. The van der Waals surface area contributed by atoms with Crippen LogP contribution in [0.15, 0.2) is 4.99 Å². The van der Waals surface area contributed by atoms with Crippen LogP contribution in [0, 0.1) is 0 Å². The highest BCUT2D eigenvalue weighted by atomic mass is 32.2. The number of ether oxygens (including phenoxy) is 1. The highest BCUT2D eigenvalue weighted by molar-refractivity contribution is 7.98. The van der Waals surface area contributed by atoms with E-state index in [1.54, 1.807) is 0 Å². The quantitative estimate of drug-likeness (QED) is 0.452. The van der Waals surface area contributed by atoms with E-state index in [1.807, 2.05) is 11.8 Å². The monoisotopic (exact) mass is 314 g/mol. The van der Waals surface area contributed by atoms with Gasteiger partial charge >= 0.3 is 0 Å². The number of nitrogens with one attached hydrogen (secondary N) is 1. The summed E-state index contributed by atoms with van der Waals surface area (Å²) in [5, 5.41) is 3.45. The summed E-state index contributed by atoms with van der Waals surface area (Å²) in [5.74, 6) is 2.30. The van der Waals surface area contributed by atoms with E-state index in [9.17, 15) is 0 Å². The summed E-state index contributed by atoms with van der Waals surface area (Å²) in [6, 6.07) is 0.670. The van der Waals surface area contributed by atoms with Crippen molar-refractivity contribution < 1.29 is 4.74 Å². The molecule has 2 heterocycles. The summed E-state index contributed by atoms with van der Waals surface area (Å²) < 4.78 is 5.45. The summed E-state index contributed by atoms with van der Waals surface area (Å²) in [7, 11) is 0. The molecule has 2 fully saturated rings. The van der Waals surface area contributed by atoms with Crippen LogP contribution in [0.1, 0.15) is 19.8 Å². The average molecular weight is 314 g/mol. The van der Waals surface area contributed by atoms with Crippen molar-refractivity contribution in [3.05, 3.63) is 0 Å². The molecule has 1 atom stereocenters. The molecule has 21 heavy (non-hydrogen) atoms. The molecule has 5 nitrogen and oxygen atoms in total. The van der Waals surface area contributed by atoms with Crippen molar-refractivity contribution in [1.29, 1.82) is 0 Å². The lowest BCUT2D eigenvalue weighted by Crippen LogP contribution is -2.46. The van der Waals surface area contributed by atoms with Crippen LogP contribution in [0.4, 0.5) is 0 Å². The SMILES string of the molecule is CCNC(=NCCCSC)N1CCC(N2CCOCC2)C1. The van der Waals surface area contributed by atoms with Gasteiger partial charge in [-0.15, -0.1) is 0 Å². The lowest BCUT2D eigenvalue weighted by molar-refractivity contribution is 0.0195. The Hall–Kier alpha value is -0.460. The molecule has 2 saturated heterocycles. The van der Waals surface area contributed by atoms with E-state index in [0.717, 1.165) is 64.9 Å². The maximum atomic E-state index is 5.45. The van der Waals surface area contributed by atoms with Gasteiger partial charge in [0.05, 0.1) is 13.2 Å². The molecule has 122 valence electrons. The summed E-state index contributed by atoms with van der Waals surface area (Å²) in [6.07, 6.45) is 4.56. The average Bonchev–Trinajstić information content (AvgIpc) is 3.01. The third kappa shape index (κ3) is 5.34. The van der Waals surface area contributed by atoms with Gasteiger partial charge < -0.3 is 15.0 Å². The molecule has 0 aromatic rings. The fourth-order valence-corrected chi connectivity index (χ4v) is 3.41. The second kappa shape index (κ2) is 9.54. The Morgan fingerprint density at radius 3 is 2.86 bits per heavy atom. The first-order valence-corrected chi connectivity index (χ1v) is 9.58. The van der Waals surface area contributed by atoms with Crippen LogP contribution in [0.25, 0.3) is 0 Å². The second-order valence-electron chi connectivity index (χ2n) is 5.62. The molecule has 0 aliphatic carbocycles. The van der Waals surface area contributed by atoms with E-state index >= 15 is 0 Å². The number of rotatable bonds is 6. The maximum absolute atomic E-state index is 5.45. The molecule has 0 aromatic heterocycles. The van der Waals surface area contributed by atoms with Gasteiger partial charge in [-0.3, -0.25) is 9.89 Å². The van der Waals surface area contributed by atoms with Crippen molar-refractivity contribution in [2.24, 2.45) is 4.99 Å². The topological polar surface area (TPSA) is 40.1 Å². The molecule has 1 unspecified atom stereocenters. The normalized spacial score (nSPS) is 24.6. The van der Waals surface area contributed by atoms with Gasteiger partial charge in [0.25, 0.3) is 0 Å². The molecule has 0 bridgehead atoms. The van der Waals surface area contributed by atoms with Crippen LogP contribution in [0.3, 0.4) is 0 Å². The van der Waals surface area contributed by atoms with Crippen LogP contribution >= 0.6 is 11.8 Å². The molecule has 6 heteroatoms. The lowest BCUT2D eigenvalue weighted by Gasteiger charge is -2.32. The molecular weight excluding hydrogens is 284 g/mol. The largest absolute Gasteiger partial charge is 0.379 e. The van der Waals surface area contributed by atoms with Crippen LogP contribution in [0.2, 0.25) is 0 Å². The van der Waals surface area contributed by atoms with Crippen LogP contribution in [-0.4, -0.2) is 86.3 Å². The third-order valence-electron chi connectivity index (χ3n) is 4.13. The Labute approximate surface area is 133 Å². The predicted octanol–water partition coefficient (Wildman–Crippen LogP) is 1.11. The molecule has 2 rings (SSSR count). The van der Waals surface area contributed by atoms with Crippen molar-refractivity contribution in [2.45, 2.75) is 25.8 Å². The van der Waals surface area contributed by atoms with Gasteiger partial charge in [0.2, 0.25) is 0 Å². The van der Waals surface area contributed by atoms with Gasteiger partial charge in [-0.25, -0.2) is 0 Å². The van der Waals surface area contributed by atoms with E-state index in [4.69, 9.17) is 9.73 Å². The fraction of sp³-hybridized carbons (Fsp3) is 0.933. The van der Waals surface area contributed by atoms with E-state index < -0.39 is 0 Å². The number of hydrogen-bond donors (Lipinski definition) is 1. The van der Waals surface area contributed by atoms with Gasteiger partial charge in [0.15, 0.2) is 5.96 Å². The standard InChI is InChI=1S/C15H30N4OS/c1-3-16-15(17-6-4-12-21-2)19-7-5-14(13-19)18-8-10-20-11-9-18/h14H,3-13H2,1-2H3,(H,16,17). The molecule has 2 aliphatic heterocycles. The van der Waals surface area contributed by atoms with Crippen molar-refractivity contribution in [3.8, 4) is 0 Å². The highest BCUT2D eigenvalue weighted by Crippen LogP contribution is 2.17. The van der Waals surface area contributed by atoms with Crippen molar-refractivity contribution in [3.63, 3.8) is 0 Å². The molecule has 0 amide bonds. The molecule has 0 radical (unpaired) electrons. The maximum Gasteiger partial charge on any atom is 0.193 e. The zero-order chi connectivity index (χ0) is 14.9. The smallest absolute Gasteiger partial charge is 0.193 e. The van der Waals surface area contributed by atoms with Gasteiger partial charge in [-0.05, 0) is 31.8 Å². The summed E-state index contributed by atoms with van der Waals surface area (Å²) in [5.41, 5.74) is 0. The summed E-state index contributed by atoms with van der Waals surface area (Å²) >= 11 is 1.90. The Bertz CT molecular complexity index is 321. The summed E-state index contributed by atoms with van der Waals surface area (Å²) in [4.78, 5) is 9.80. The number of nitrogens with zero attached hydrogens (tertiary/aromatic N) is 3. The van der Waals surface area contributed by atoms with Crippen molar-refractivity contribution in [1.82, 2.24) is 15.1 Å². The van der Waals surface area contributed by atoms with E-state index in [0.29, 0.717) is 6.04 Å². The molecule has 0 spiro atoms. The molecule has 2 aliphatic rings. The van der Waals surface area contributed by atoms with E-state index in [-0.39, 0.29) is 0 Å². The number of thioether (sulfide) groups is 1. The first-order valence-electron chi connectivity index (χ1n) is 8.19. The third-order valence-corrected chi connectivity index (χ3v) is 4.82. The van der Waals surface area contributed by atoms with Crippen molar-refractivity contribution in [2.75, 3.05) is 64.5 Å². The molecular formula is C15H30N4OS. The zero-order valence-corrected chi connectivity index (χ0v) is 14.3. The fourth-order valence-electron chi connectivity index (χ4n) is 2.99. The van der Waals surface area contributed by atoms with Gasteiger partial charge in [0.1, 0.15) is 0 Å². The molecule has 1 N–H and O–H groups in total. The minimum Gasteiger partial charge on any atom is -0.379 e. The van der Waals surface area contributed by atoms with Gasteiger partial charge in [-0.1, -0.05) is 0 Å². The highest BCUT2D eigenvalue weighted by Gasteiger charge is 2.30. The second-order valence-corrected chi connectivity index (χ2v) is 6.60. The molecule has 0 saturated carbocycles. The Kier molecular flexibility index (Phi) is 7.68. The van der Waals surface area contributed by atoms with Crippen molar-refractivity contribution >= 4 is 17.7 Å². The Morgan fingerprint density at radius 1 is 1.33 bits per heavy atom. The van der Waals surface area contributed by atoms with Crippen LogP contribution < -0.4 is 5.32 Å². The molecule has 0 aromatic carbocycles. The summed E-state index contributed by atoms with van der Waals surface area (Å²) in [6.45, 7) is 10.2. The lowest BCUT2D eigenvalue weighted by atomic mass is 10.2. The minimum absolute atomic E-state index is 0.670. The predicted molar refractivity (Wildman–Crippen MR) is 91.3 cm³/mol. The number of aliphatic imine (C=N–C) groups is 1. The van der Waals surface area contributed by atoms with E-state index in [1.165, 1.54) is 12.2 Å². The van der Waals surface area contributed by atoms with E-state index in [2.05, 4.69) is 28.3 Å². The van der Waals surface area contributed by atoms with Crippen LogP contribution in [-0.2, 0) is 4.74 Å². The number of hydrogen-bond acceptors (Lipinski definition) is 4. The Balaban J connectivity index is 1.83. The number of guanidine groups is 1. The van der Waals surface area contributed by atoms with Crippen LogP contribution in [0.5, 0.6) is 0 Å². The Morgan fingerprint density at radius 2 is 2.14 bits per heavy atom. The van der Waals surface area contributed by atoms with Gasteiger partial charge in [0, 0.05) is 45.3 Å². The number of likely N-dealkylation sites (tertiary alicyclic amines) is 1. The minimum atomic E-state index is 0.670. The van der Waals surface area contributed by atoms with Gasteiger partial charge in [-0.2, -0.15) is 11.8 Å². The number of morpholine rings is 1.